The third-order valence-electron chi connectivity index (χ3n) is 2.48. The zero-order chi connectivity index (χ0) is 13.4. The van der Waals surface area contributed by atoms with Crippen molar-refractivity contribution in [2.24, 2.45) is 17.4 Å². The van der Waals surface area contributed by atoms with Crippen LogP contribution in [0.15, 0.2) is 0 Å². The molecular weight excluding hydrogens is 218 g/mol. The Morgan fingerprint density at radius 2 is 1.88 bits per heavy atom. The summed E-state index contributed by atoms with van der Waals surface area (Å²) in [5, 5.41) is 0. The molecule has 0 saturated heterocycles. The molecule has 0 bridgehead atoms. The van der Waals surface area contributed by atoms with E-state index in [4.69, 9.17) is 11.5 Å². The van der Waals surface area contributed by atoms with Gasteiger partial charge in [0.05, 0.1) is 12.6 Å². The smallest absolute Gasteiger partial charge is 0.239 e. The molecule has 1 atom stereocenters. The average molecular weight is 243 g/mol. The molecule has 0 aromatic rings. The Hall–Kier alpha value is -1.10. The molecule has 0 saturated carbocycles. The van der Waals surface area contributed by atoms with Gasteiger partial charge in [-0.15, -0.1) is 0 Å². The molecule has 0 fully saturated rings. The Kier molecular flexibility index (Phi) is 7.54. The van der Waals surface area contributed by atoms with Crippen LogP contribution in [0, 0.1) is 5.92 Å². The molecule has 5 nitrogen and oxygen atoms in total. The van der Waals surface area contributed by atoms with Gasteiger partial charge < -0.3 is 16.4 Å². The van der Waals surface area contributed by atoms with E-state index in [1.165, 1.54) is 4.90 Å². The molecule has 0 radical (unpaired) electrons. The predicted molar refractivity (Wildman–Crippen MR) is 68.1 cm³/mol. The Morgan fingerprint density at radius 3 is 2.29 bits per heavy atom. The lowest BCUT2D eigenvalue weighted by Crippen LogP contribution is -2.47. The van der Waals surface area contributed by atoms with Gasteiger partial charge in [-0.05, 0) is 18.8 Å². The highest BCUT2D eigenvalue weighted by Gasteiger charge is 2.22. The molecule has 0 spiro atoms. The Morgan fingerprint density at radius 1 is 1.29 bits per heavy atom. The van der Waals surface area contributed by atoms with E-state index in [9.17, 15) is 9.59 Å². The lowest BCUT2D eigenvalue weighted by Gasteiger charge is -2.25. The number of hydrogen-bond donors (Lipinski definition) is 2. The minimum Gasteiger partial charge on any atom is -0.368 e. The van der Waals surface area contributed by atoms with Gasteiger partial charge in [-0.25, -0.2) is 0 Å². The SMILES string of the molecule is CCCCN(CC(N)=O)C(=O)[C@H](N)CC(C)C. The van der Waals surface area contributed by atoms with Crippen LogP contribution in [0.5, 0.6) is 0 Å². The van der Waals surface area contributed by atoms with Gasteiger partial charge in [0.25, 0.3) is 0 Å². The molecule has 0 aromatic carbocycles. The molecule has 0 aliphatic carbocycles. The quantitative estimate of drug-likeness (QED) is 0.649. The first kappa shape index (κ1) is 15.9. The van der Waals surface area contributed by atoms with Crippen molar-refractivity contribution in [2.75, 3.05) is 13.1 Å². The molecule has 2 amide bonds. The molecule has 0 aliphatic heterocycles. The third kappa shape index (κ3) is 6.94. The van der Waals surface area contributed by atoms with Crippen molar-refractivity contribution in [3.05, 3.63) is 0 Å². The normalized spacial score (nSPS) is 12.5. The van der Waals surface area contributed by atoms with Gasteiger partial charge in [-0.1, -0.05) is 27.2 Å². The van der Waals surface area contributed by atoms with Crippen LogP contribution >= 0.6 is 0 Å². The first-order valence-electron chi connectivity index (χ1n) is 6.21. The Labute approximate surface area is 104 Å². The summed E-state index contributed by atoms with van der Waals surface area (Å²) in [6.45, 7) is 6.56. The van der Waals surface area contributed by atoms with Crippen LogP contribution in [0.25, 0.3) is 0 Å². The summed E-state index contributed by atoms with van der Waals surface area (Å²) in [7, 11) is 0. The van der Waals surface area contributed by atoms with Crippen molar-refractivity contribution >= 4 is 11.8 Å². The maximum Gasteiger partial charge on any atom is 0.239 e. The van der Waals surface area contributed by atoms with Crippen molar-refractivity contribution in [3.8, 4) is 0 Å². The van der Waals surface area contributed by atoms with Crippen molar-refractivity contribution in [2.45, 2.75) is 46.1 Å². The molecule has 0 unspecified atom stereocenters. The molecule has 0 rings (SSSR count). The minimum atomic E-state index is -0.536. The standard InChI is InChI=1S/C12H25N3O2/c1-4-5-6-15(8-11(14)16)12(17)10(13)7-9(2)3/h9-10H,4-8,13H2,1-3H3,(H2,14,16)/t10-/m1/s1. The first-order chi connectivity index (χ1) is 7.88. The second kappa shape index (κ2) is 8.06. The summed E-state index contributed by atoms with van der Waals surface area (Å²) >= 11 is 0. The van der Waals surface area contributed by atoms with Crippen molar-refractivity contribution in [1.82, 2.24) is 4.90 Å². The van der Waals surface area contributed by atoms with Gasteiger partial charge in [-0.2, -0.15) is 0 Å². The molecular formula is C12H25N3O2. The van der Waals surface area contributed by atoms with Crippen LogP contribution in [0.2, 0.25) is 0 Å². The van der Waals surface area contributed by atoms with Gasteiger partial charge in [0.15, 0.2) is 0 Å². The van der Waals surface area contributed by atoms with Crippen LogP contribution in [0.4, 0.5) is 0 Å². The largest absolute Gasteiger partial charge is 0.368 e. The van der Waals surface area contributed by atoms with Crippen LogP contribution in [0.3, 0.4) is 0 Å². The monoisotopic (exact) mass is 243 g/mol. The number of amides is 2. The summed E-state index contributed by atoms with van der Waals surface area (Å²) < 4.78 is 0. The Balaban J connectivity index is 4.44. The number of carbonyl (C=O) groups excluding carboxylic acids is 2. The highest BCUT2D eigenvalue weighted by atomic mass is 16.2. The average Bonchev–Trinajstić information content (AvgIpc) is 2.21. The van der Waals surface area contributed by atoms with E-state index < -0.39 is 11.9 Å². The summed E-state index contributed by atoms with van der Waals surface area (Å²) in [6, 6.07) is -0.536. The number of unbranched alkanes of at least 4 members (excludes halogenated alkanes) is 1. The summed E-state index contributed by atoms with van der Waals surface area (Å²) in [6.07, 6.45) is 2.44. The van der Waals surface area contributed by atoms with E-state index in [0.717, 1.165) is 12.8 Å². The number of nitrogens with two attached hydrogens (primary N) is 2. The van der Waals surface area contributed by atoms with Gasteiger partial charge >= 0.3 is 0 Å². The number of nitrogens with zero attached hydrogens (tertiary/aromatic N) is 1. The topological polar surface area (TPSA) is 89.4 Å². The number of rotatable bonds is 8. The molecule has 4 N–H and O–H groups in total. The fourth-order valence-electron chi connectivity index (χ4n) is 1.65. The van der Waals surface area contributed by atoms with Gasteiger partial charge in [0.2, 0.25) is 11.8 Å². The molecule has 0 aromatic heterocycles. The Bertz CT molecular complexity index is 254. The second-order valence-corrected chi connectivity index (χ2v) is 4.82. The highest BCUT2D eigenvalue weighted by Crippen LogP contribution is 2.06. The number of hydrogen-bond acceptors (Lipinski definition) is 3. The van der Waals surface area contributed by atoms with Crippen molar-refractivity contribution < 1.29 is 9.59 Å². The van der Waals surface area contributed by atoms with Gasteiger partial charge in [-0.3, -0.25) is 9.59 Å². The molecule has 5 heteroatoms. The van der Waals surface area contributed by atoms with E-state index in [1.807, 2.05) is 20.8 Å². The molecule has 17 heavy (non-hydrogen) atoms. The zero-order valence-corrected chi connectivity index (χ0v) is 11.1. The lowest BCUT2D eigenvalue weighted by molar-refractivity contribution is -0.136. The van der Waals surface area contributed by atoms with Crippen LogP contribution in [-0.4, -0.2) is 35.8 Å². The van der Waals surface area contributed by atoms with E-state index in [-0.39, 0.29) is 12.5 Å². The molecule has 0 aliphatic rings. The number of primary amides is 1. The first-order valence-corrected chi connectivity index (χ1v) is 6.21. The fraction of sp³-hybridized carbons (Fsp3) is 0.833. The summed E-state index contributed by atoms with van der Waals surface area (Å²) in [4.78, 5) is 24.4. The maximum absolute atomic E-state index is 12.0. The van der Waals surface area contributed by atoms with Gasteiger partial charge in [0.1, 0.15) is 0 Å². The van der Waals surface area contributed by atoms with Crippen LogP contribution < -0.4 is 11.5 Å². The van der Waals surface area contributed by atoms with E-state index >= 15 is 0 Å². The molecule has 100 valence electrons. The third-order valence-corrected chi connectivity index (χ3v) is 2.48. The minimum absolute atomic E-state index is 0.0371. The molecule has 0 heterocycles. The summed E-state index contributed by atoms with van der Waals surface area (Å²) in [5.74, 6) is -0.312. The predicted octanol–water partition coefficient (Wildman–Crippen LogP) is 0.474. The maximum atomic E-state index is 12.0. The summed E-state index contributed by atoms with van der Waals surface area (Å²) in [5.41, 5.74) is 11.0. The van der Waals surface area contributed by atoms with Gasteiger partial charge in [0, 0.05) is 6.54 Å². The van der Waals surface area contributed by atoms with Crippen LogP contribution in [0.1, 0.15) is 40.0 Å². The van der Waals surface area contributed by atoms with Crippen molar-refractivity contribution in [3.63, 3.8) is 0 Å². The van der Waals surface area contributed by atoms with Crippen LogP contribution in [-0.2, 0) is 9.59 Å². The zero-order valence-electron chi connectivity index (χ0n) is 11.1. The van der Waals surface area contributed by atoms with E-state index in [1.54, 1.807) is 0 Å². The second-order valence-electron chi connectivity index (χ2n) is 4.82. The fourth-order valence-corrected chi connectivity index (χ4v) is 1.65. The van der Waals surface area contributed by atoms with E-state index in [2.05, 4.69) is 0 Å². The van der Waals surface area contributed by atoms with E-state index in [0.29, 0.717) is 18.9 Å². The van der Waals surface area contributed by atoms with Crippen molar-refractivity contribution in [1.29, 1.82) is 0 Å². The lowest BCUT2D eigenvalue weighted by atomic mass is 10.0. The highest BCUT2D eigenvalue weighted by molar-refractivity contribution is 5.86. The number of carbonyl (C=O) groups is 2.